The molecule has 0 unspecified atom stereocenters. The second-order valence-corrected chi connectivity index (χ2v) is 8.02. The smallest absolute Gasteiger partial charge is 0.253 e. The van der Waals surface area contributed by atoms with Crippen molar-refractivity contribution in [3.8, 4) is 11.3 Å². The number of fused-ring (bicyclic) bond motifs is 1. The third kappa shape index (κ3) is 4.01. The summed E-state index contributed by atoms with van der Waals surface area (Å²) >= 11 is 0. The van der Waals surface area contributed by atoms with Crippen LogP contribution in [0.3, 0.4) is 0 Å². The highest BCUT2D eigenvalue weighted by Crippen LogP contribution is 2.25. The van der Waals surface area contributed by atoms with Crippen LogP contribution in [0.1, 0.15) is 42.4 Å². The minimum atomic E-state index is -0.133. The predicted molar refractivity (Wildman–Crippen MR) is 113 cm³/mol. The van der Waals surface area contributed by atoms with Gasteiger partial charge in [-0.25, -0.2) is 9.97 Å². The quantitative estimate of drug-likeness (QED) is 0.550. The highest BCUT2D eigenvalue weighted by Gasteiger charge is 2.16. The van der Waals surface area contributed by atoms with Crippen molar-refractivity contribution in [2.24, 2.45) is 0 Å². The van der Waals surface area contributed by atoms with E-state index in [2.05, 4.69) is 46.0 Å². The molecule has 3 aromatic heterocycles. The molecule has 0 bridgehead atoms. The fraction of sp³-hybridized carbons (Fsp3) is 0.217. The number of H-pyrrole nitrogens is 1. The second-order valence-electron chi connectivity index (χ2n) is 8.02. The zero-order valence-corrected chi connectivity index (χ0v) is 16.7. The molecule has 0 fully saturated rings. The number of carbonyl (C=O) groups excluding carboxylic acids is 1. The van der Waals surface area contributed by atoms with Crippen molar-refractivity contribution in [1.82, 2.24) is 25.3 Å². The first kappa shape index (κ1) is 18.8. The number of amides is 1. The molecule has 6 heteroatoms. The molecule has 1 aromatic carbocycles. The number of carbonyl (C=O) groups is 1. The topological polar surface area (TPSA) is 83.6 Å². The van der Waals surface area contributed by atoms with Gasteiger partial charge in [-0.3, -0.25) is 9.78 Å². The van der Waals surface area contributed by atoms with E-state index in [1.165, 1.54) is 0 Å². The van der Waals surface area contributed by atoms with E-state index >= 15 is 0 Å². The maximum absolute atomic E-state index is 12.4. The largest absolute Gasteiger partial charge is 0.348 e. The van der Waals surface area contributed by atoms with Crippen LogP contribution < -0.4 is 5.32 Å². The minimum absolute atomic E-state index is 0.0353. The van der Waals surface area contributed by atoms with Crippen molar-refractivity contribution in [2.45, 2.75) is 32.7 Å². The fourth-order valence-electron chi connectivity index (χ4n) is 3.14. The molecule has 6 nitrogen and oxygen atoms in total. The lowest BCUT2D eigenvalue weighted by atomic mass is 9.91. The number of nitrogens with one attached hydrogen (secondary N) is 2. The van der Waals surface area contributed by atoms with Crippen LogP contribution in [-0.2, 0) is 12.0 Å². The van der Waals surface area contributed by atoms with Gasteiger partial charge in [-0.15, -0.1) is 0 Å². The Morgan fingerprint density at radius 2 is 1.79 bits per heavy atom. The van der Waals surface area contributed by atoms with E-state index in [4.69, 9.17) is 0 Å². The van der Waals surface area contributed by atoms with Crippen LogP contribution in [0.15, 0.2) is 61.2 Å². The van der Waals surface area contributed by atoms with Crippen molar-refractivity contribution in [2.75, 3.05) is 0 Å². The molecule has 0 aliphatic heterocycles. The van der Waals surface area contributed by atoms with Gasteiger partial charge in [0.1, 0.15) is 12.0 Å². The van der Waals surface area contributed by atoms with Crippen LogP contribution in [0.4, 0.5) is 0 Å². The number of aromatic amines is 1. The van der Waals surface area contributed by atoms with Crippen LogP contribution in [0, 0.1) is 0 Å². The van der Waals surface area contributed by atoms with Crippen LogP contribution >= 0.6 is 0 Å². The SMILES string of the molecule is CC(C)(C)c1ccc(C(=O)NCc2ccc(-c3ncnc4[nH]ccc34)cc2)cn1. The summed E-state index contributed by atoms with van der Waals surface area (Å²) in [7, 11) is 0. The summed E-state index contributed by atoms with van der Waals surface area (Å²) in [5, 5.41) is 3.93. The Morgan fingerprint density at radius 1 is 1.00 bits per heavy atom. The zero-order valence-electron chi connectivity index (χ0n) is 16.7. The van der Waals surface area contributed by atoms with Gasteiger partial charge in [0.05, 0.1) is 11.3 Å². The van der Waals surface area contributed by atoms with Gasteiger partial charge in [-0.05, 0) is 23.8 Å². The summed E-state index contributed by atoms with van der Waals surface area (Å²) in [5.41, 5.74) is 5.22. The van der Waals surface area contributed by atoms with Gasteiger partial charge < -0.3 is 10.3 Å². The molecular weight excluding hydrogens is 362 g/mol. The molecule has 146 valence electrons. The van der Waals surface area contributed by atoms with Crippen LogP contribution in [0.5, 0.6) is 0 Å². The Morgan fingerprint density at radius 3 is 2.48 bits per heavy atom. The third-order valence-electron chi connectivity index (χ3n) is 4.83. The van der Waals surface area contributed by atoms with Crippen molar-refractivity contribution in [1.29, 1.82) is 0 Å². The number of benzene rings is 1. The lowest BCUT2D eigenvalue weighted by Crippen LogP contribution is -2.23. The van der Waals surface area contributed by atoms with E-state index < -0.39 is 0 Å². The average Bonchev–Trinajstić information content (AvgIpc) is 3.21. The Kier molecular flexibility index (Phi) is 4.84. The van der Waals surface area contributed by atoms with Gasteiger partial charge in [0, 0.05) is 41.0 Å². The third-order valence-corrected chi connectivity index (χ3v) is 4.83. The van der Waals surface area contributed by atoms with Crippen molar-refractivity contribution >= 4 is 16.9 Å². The molecule has 3 heterocycles. The van der Waals surface area contributed by atoms with E-state index in [1.54, 1.807) is 12.5 Å². The first-order chi connectivity index (χ1) is 13.9. The van der Waals surface area contributed by atoms with E-state index in [0.29, 0.717) is 12.1 Å². The molecular formula is C23H23N5O. The normalized spacial score (nSPS) is 11.6. The second kappa shape index (κ2) is 7.47. The standard InChI is InChI=1S/C23H23N5O/c1-23(2,3)19-9-8-17(13-25-19)22(29)26-12-15-4-6-16(7-5-15)20-18-10-11-24-21(18)28-14-27-20/h4-11,13-14H,12H2,1-3H3,(H,26,29)(H,24,27,28). The molecule has 1 amide bonds. The maximum Gasteiger partial charge on any atom is 0.253 e. The van der Waals surface area contributed by atoms with Crippen molar-refractivity contribution < 1.29 is 4.79 Å². The van der Waals surface area contributed by atoms with E-state index in [-0.39, 0.29) is 11.3 Å². The summed E-state index contributed by atoms with van der Waals surface area (Å²) in [6.07, 6.45) is 5.05. The predicted octanol–water partition coefficient (Wildman–Crippen LogP) is 4.25. The number of rotatable bonds is 4. The lowest BCUT2D eigenvalue weighted by molar-refractivity contribution is 0.0950. The zero-order chi connectivity index (χ0) is 20.4. The number of hydrogen-bond donors (Lipinski definition) is 2. The van der Waals surface area contributed by atoms with Crippen molar-refractivity contribution in [3.63, 3.8) is 0 Å². The monoisotopic (exact) mass is 385 g/mol. The molecule has 4 aromatic rings. The molecule has 0 aliphatic carbocycles. The van der Waals surface area contributed by atoms with Gasteiger partial charge in [0.15, 0.2) is 0 Å². The number of nitrogens with zero attached hydrogens (tertiary/aromatic N) is 3. The van der Waals surface area contributed by atoms with Crippen LogP contribution in [0.25, 0.3) is 22.3 Å². The van der Waals surface area contributed by atoms with Gasteiger partial charge >= 0.3 is 0 Å². The molecule has 0 radical (unpaired) electrons. The van der Waals surface area contributed by atoms with Gasteiger partial charge in [0.25, 0.3) is 5.91 Å². The lowest BCUT2D eigenvalue weighted by Gasteiger charge is -2.17. The highest BCUT2D eigenvalue weighted by atomic mass is 16.1. The molecule has 2 N–H and O–H groups in total. The molecule has 0 saturated heterocycles. The summed E-state index contributed by atoms with van der Waals surface area (Å²) < 4.78 is 0. The Balaban J connectivity index is 1.43. The number of hydrogen-bond acceptors (Lipinski definition) is 4. The molecule has 0 atom stereocenters. The van der Waals surface area contributed by atoms with Crippen LogP contribution in [-0.4, -0.2) is 25.8 Å². The molecule has 29 heavy (non-hydrogen) atoms. The van der Waals surface area contributed by atoms with Gasteiger partial charge in [-0.2, -0.15) is 0 Å². The molecule has 0 spiro atoms. The van der Waals surface area contributed by atoms with Crippen molar-refractivity contribution in [3.05, 3.63) is 78.0 Å². The van der Waals surface area contributed by atoms with E-state index in [1.807, 2.05) is 48.7 Å². The fourth-order valence-corrected chi connectivity index (χ4v) is 3.14. The van der Waals surface area contributed by atoms with E-state index in [0.717, 1.165) is 33.5 Å². The van der Waals surface area contributed by atoms with Gasteiger partial charge in [0.2, 0.25) is 0 Å². The first-order valence-corrected chi connectivity index (χ1v) is 9.54. The minimum Gasteiger partial charge on any atom is -0.348 e. The summed E-state index contributed by atoms with van der Waals surface area (Å²) in [4.78, 5) is 28.6. The molecule has 0 aliphatic rings. The highest BCUT2D eigenvalue weighted by molar-refractivity contribution is 5.94. The number of pyridine rings is 1. The van der Waals surface area contributed by atoms with E-state index in [9.17, 15) is 4.79 Å². The van der Waals surface area contributed by atoms with Gasteiger partial charge in [-0.1, -0.05) is 45.0 Å². The first-order valence-electron chi connectivity index (χ1n) is 9.54. The Labute approximate surface area is 169 Å². The Hall–Kier alpha value is -3.54. The molecule has 4 rings (SSSR count). The van der Waals surface area contributed by atoms with Crippen LogP contribution in [0.2, 0.25) is 0 Å². The summed E-state index contributed by atoms with van der Waals surface area (Å²) in [6.45, 7) is 6.74. The summed E-state index contributed by atoms with van der Waals surface area (Å²) in [5.74, 6) is -0.133. The average molecular weight is 385 g/mol. The Bertz CT molecular complexity index is 1140. The molecule has 0 saturated carbocycles. The maximum atomic E-state index is 12.4. The summed E-state index contributed by atoms with van der Waals surface area (Å²) in [6, 6.07) is 13.7. The number of aromatic nitrogens is 4.